The Kier molecular flexibility index (Phi) is 6.65. The minimum atomic E-state index is -2.49. The maximum absolute atomic E-state index is 14.0. The molecule has 0 amide bonds. The molecular formula is C29H28F2N4O. The third kappa shape index (κ3) is 4.54. The van der Waals surface area contributed by atoms with Crippen LogP contribution in [0.3, 0.4) is 0 Å². The number of benzene rings is 3. The zero-order valence-electron chi connectivity index (χ0n) is 20.0. The van der Waals surface area contributed by atoms with E-state index in [1.807, 2.05) is 67.6 Å². The number of halogens is 2. The lowest BCUT2D eigenvalue weighted by Crippen LogP contribution is -2.41. The summed E-state index contributed by atoms with van der Waals surface area (Å²) in [5, 5.41) is 0. The Morgan fingerprint density at radius 3 is 1.94 bits per heavy atom. The summed E-state index contributed by atoms with van der Waals surface area (Å²) >= 11 is 0. The van der Waals surface area contributed by atoms with E-state index in [0.29, 0.717) is 25.1 Å². The first-order valence-corrected chi connectivity index (χ1v) is 12.1. The average Bonchev–Trinajstić information content (AvgIpc) is 2.91. The molecule has 0 aliphatic carbocycles. The van der Waals surface area contributed by atoms with Crippen molar-refractivity contribution < 1.29 is 8.78 Å². The van der Waals surface area contributed by atoms with Crippen molar-refractivity contribution in [2.75, 3.05) is 12.3 Å². The van der Waals surface area contributed by atoms with Crippen molar-refractivity contribution in [3.8, 4) is 0 Å². The summed E-state index contributed by atoms with van der Waals surface area (Å²) < 4.78 is 27.6. The Bertz CT molecular complexity index is 1350. The summed E-state index contributed by atoms with van der Waals surface area (Å²) in [4.78, 5) is 20.8. The molecule has 0 spiro atoms. The van der Waals surface area contributed by atoms with Crippen molar-refractivity contribution >= 4 is 5.95 Å². The number of aromatic nitrogens is 2. The quantitative estimate of drug-likeness (QED) is 0.390. The van der Waals surface area contributed by atoms with Crippen molar-refractivity contribution in [1.82, 2.24) is 14.5 Å². The van der Waals surface area contributed by atoms with Gasteiger partial charge in [0.1, 0.15) is 0 Å². The molecule has 5 rings (SSSR count). The second kappa shape index (κ2) is 10.0. The molecule has 7 heteroatoms. The Labute approximate surface area is 208 Å². The fraction of sp³-hybridized carbons (Fsp3) is 0.241. The van der Waals surface area contributed by atoms with E-state index in [4.69, 9.17) is 5.73 Å². The fourth-order valence-electron chi connectivity index (χ4n) is 5.00. The standard InChI is InChI=1S/C29H28F2N4O/c1-19(20-12-14-23(15-13-20)27(30)31)34-17-16-25-24(18-34)28(36)35(29(32)33-25)26(21-8-4-2-5-9-21)22-10-6-3-7-11-22/h2-15,19,26-27H,16-18H2,1H3,(H2,32,33). The largest absolute Gasteiger partial charge is 0.369 e. The molecule has 1 unspecified atom stereocenters. The molecule has 4 aromatic rings. The van der Waals surface area contributed by atoms with Gasteiger partial charge in [-0.3, -0.25) is 14.3 Å². The molecule has 1 aromatic heterocycles. The van der Waals surface area contributed by atoms with Crippen LogP contribution >= 0.6 is 0 Å². The molecule has 0 bridgehead atoms. The van der Waals surface area contributed by atoms with Crippen LogP contribution in [0.2, 0.25) is 0 Å². The van der Waals surface area contributed by atoms with Crippen molar-refractivity contribution in [2.24, 2.45) is 0 Å². The van der Waals surface area contributed by atoms with Crippen molar-refractivity contribution in [3.05, 3.63) is 129 Å². The summed E-state index contributed by atoms with van der Waals surface area (Å²) in [7, 11) is 0. The van der Waals surface area contributed by atoms with Crippen LogP contribution in [0.1, 0.15) is 58.9 Å². The van der Waals surface area contributed by atoms with Crippen molar-refractivity contribution in [3.63, 3.8) is 0 Å². The van der Waals surface area contributed by atoms with Crippen LogP contribution in [-0.4, -0.2) is 21.0 Å². The van der Waals surface area contributed by atoms with Gasteiger partial charge in [-0.05, 0) is 23.6 Å². The minimum Gasteiger partial charge on any atom is -0.369 e. The van der Waals surface area contributed by atoms with Gasteiger partial charge in [-0.2, -0.15) is 0 Å². The predicted octanol–water partition coefficient (Wildman–Crippen LogP) is 5.52. The maximum atomic E-state index is 14.0. The van der Waals surface area contributed by atoms with E-state index in [-0.39, 0.29) is 23.1 Å². The van der Waals surface area contributed by atoms with Gasteiger partial charge >= 0.3 is 0 Å². The highest BCUT2D eigenvalue weighted by molar-refractivity contribution is 5.39. The normalized spacial score (nSPS) is 14.7. The van der Waals surface area contributed by atoms with Crippen LogP contribution in [0.5, 0.6) is 0 Å². The first kappa shape index (κ1) is 23.9. The average molecular weight is 487 g/mol. The summed E-state index contributed by atoms with van der Waals surface area (Å²) in [6, 6.07) is 25.6. The molecule has 2 heterocycles. The first-order chi connectivity index (χ1) is 17.4. The monoisotopic (exact) mass is 486 g/mol. The van der Waals surface area contributed by atoms with Crippen LogP contribution in [0.15, 0.2) is 89.7 Å². The van der Waals surface area contributed by atoms with Crippen LogP contribution < -0.4 is 11.3 Å². The molecule has 184 valence electrons. The Hall–Kier alpha value is -3.84. The van der Waals surface area contributed by atoms with Crippen molar-refractivity contribution in [1.29, 1.82) is 0 Å². The molecule has 5 nitrogen and oxygen atoms in total. The number of fused-ring (bicyclic) bond motifs is 1. The van der Waals surface area contributed by atoms with Crippen LogP contribution in [0.25, 0.3) is 0 Å². The molecule has 36 heavy (non-hydrogen) atoms. The number of nitrogens with two attached hydrogens (primary N) is 1. The number of hydrogen-bond acceptors (Lipinski definition) is 4. The van der Waals surface area contributed by atoms with E-state index in [0.717, 1.165) is 22.4 Å². The molecule has 3 aromatic carbocycles. The van der Waals surface area contributed by atoms with Gasteiger partial charge in [-0.25, -0.2) is 13.8 Å². The summed E-state index contributed by atoms with van der Waals surface area (Å²) in [5.41, 5.74) is 10.4. The van der Waals surface area contributed by atoms with Gasteiger partial charge in [0.25, 0.3) is 12.0 Å². The lowest BCUT2D eigenvalue weighted by atomic mass is 9.97. The summed E-state index contributed by atoms with van der Waals surface area (Å²) in [6.07, 6.45) is -1.90. The number of anilines is 1. The molecule has 1 aliphatic heterocycles. The number of hydrogen-bond donors (Lipinski definition) is 1. The topological polar surface area (TPSA) is 64.2 Å². The van der Waals surface area contributed by atoms with Gasteiger partial charge in [-0.1, -0.05) is 84.9 Å². The van der Waals surface area contributed by atoms with Gasteiger partial charge in [0.15, 0.2) is 0 Å². The Morgan fingerprint density at radius 2 is 1.39 bits per heavy atom. The van der Waals surface area contributed by atoms with Crippen LogP contribution in [0, 0.1) is 0 Å². The SMILES string of the molecule is CC(c1ccc(C(F)F)cc1)N1CCc2nc(N)n(C(c3ccccc3)c3ccccc3)c(=O)c2C1. The highest BCUT2D eigenvalue weighted by Crippen LogP contribution is 2.31. The summed E-state index contributed by atoms with van der Waals surface area (Å²) in [5.74, 6) is 0.195. The van der Waals surface area contributed by atoms with Crippen molar-refractivity contribution in [2.45, 2.75) is 38.4 Å². The Balaban J connectivity index is 1.53. The van der Waals surface area contributed by atoms with Gasteiger partial charge in [-0.15, -0.1) is 0 Å². The first-order valence-electron chi connectivity index (χ1n) is 12.1. The molecule has 0 fully saturated rings. The number of alkyl halides is 2. The van der Waals surface area contributed by atoms with Crippen LogP contribution in [-0.2, 0) is 13.0 Å². The second-order valence-corrected chi connectivity index (χ2v) is 9.16. The molecule has 0 saturated heterocycles. The van der Waals surface area contributed by atoms with Crippen LogP contribution in [0.4, 0.5) is 14.7 Å². The molecular weight excluding hydrogens is 458 g/mol. The lowest BCUT2D eigenvalue weighted by molar-refractivity contribution is 0.151. The predicted molar refractivity (Wildman–Crippen MR) is 137 cm³/mol. The maximum Gasteiger partial charge on any atom is 0.263 e. The molecule has 0 radical (unpaired) electrons. The highest BCUT2D eigenvalue weighted by atomic mass is 19.3. The van der Waals surface area contributed by atoms with E-state index in [1.54, 1.807) is 16.7 Å². The highest BCUT2D eigenvalue weighted by Gasteiger charge is 2.29. The molecule has 2 N–H and O–H groups in total. The zero-order chi connectivity index (χ0) is 25.2. The van der Waals surface area contributed by atoms with Gasteiger partial charge < -0.3 is 5.73 Å². The molecule has 1 atom stereocenters. The van der Waals surface area contributed by atoms with E-state index in [2.05, 4.69) is 9.88 Å². The van der Waals surface area contributed by atoms with E-state index in [9.17, 15) is 13.6 Å². The Morgan fingerprint density at radius 1 is 0.833 bits per heavy atom. The number of nitrogen functional groups attached to an aromatic ring is 1. The zero-order valence-corrected chi connectivity index (χ0v) is 20.0. The van der Waals surface area contributed by atoms with E-state index >= 15 is 0 Å². The van der Waals surface area contributed by atoms with Gasteiger partial charge in [0, 0.05) is 31.1 Å². The molecule has 1 aliphatic rings. The van der Waals surface area contributed by atoms with E-state index in [1.165, 1.54) is 12.1 Å². The number of nitrogens with zero attached hydrogens (tertiary/aromatic N) is 3. The van der Waals surface area contributed by atoms with Gasteiger partial charge in [0.2, 0.25) is 5.95 Å². The third-order valence-corrected chi connectivity index (χ3v) is 7.03. The second-order valence-electron chi connectivity index (χ2n) is 9.16. The van der Waals surface area contributed by atoms with Gasteiger partial charge in [0.05, 0.1) is 17.3 Å². The van der Waals surface area contributed by atoms with E-state index < -0.39 is 12.5 Å². The molecule has 0 saturated carbocycles. The summed E-state index contributed by atoms with van der Waals surface area (Å²) in [6.45, 7) is 3.14. The lowest BCUT2D eigenvalue weighted by Gasteiger charge is -2.34. The fourth-order valence-corrected chi connectivity index (χ4v) is 5.00. The number of rotatable bonds is 6. The third-order valence-electron chi connectivity index (χ3n) is 7.03. The minimum absolute atomic E-state index is 0.00497. The smallest absolute Gasteiger partial charge is 0.263 e.